The van der Waals surface area contributed by atoms with Gasteiger partial charge in [-0.1, -0.05) is 6.42 Å². The van der Waals surface area contributed by atoms with Crippen LogP contribution in [-0.2, 0) is 4.79 Å². The summed E-state index contributed by atoms with van der Waals surface area (Å²) in [6.45, 7) is 10.8. The first-order valence-corrected chi connectivity index (χ1v) is 9.58. The van der Waals surface area contributed by atoms with Gasteiger partial charge in [-0.15, -0.1) is 0 Å². The third-order valence-electron chi connectivity index (χ3n) is 6.38. The van der Waals surface area contributed by atoms with Crippen molar-refractivity contribution < 1.29 is 4.79 Å². The highest BCUT2D eigenvalue weighted by atomic mass is 16.2. The molecule has 3 rings (SSSR count). The van der Waals surface area contributed by atoms with E-state index in [1.807, 2.05) is 0 Å². The number of nitrogens with zero attached hydrogens (tertiary/aromatic N) is 3. The lowest BCUT2D eigenvalue weighted by molar-refractivity contribution is -0.137. The summed E-state index contributed by atoms with van der Waals surface area (Å²) in [6, 6.07) is 1.56. The minimum Gasteiger partial charge on any atom is -0.340 e. The van der Waals surface area contributed by atoms with Gasteiger partial charge in [-0.3, -0.25) is 14.6 Å². The Bertz CT molecular complexity index is 398. The molecule has 3 aliphatic rings. The molecule has 4 atom stereocenters. The van der Waals surface area contributed by atoms with Gasteiger partial charge in [0.05, 0.1) is 5.92 Å². The van der Waals surface area contributed by atoms with E-state index in [9.17, 15) is 4.79 Å². The fourth-order valence-corrected chi connectivity index (χ4v) is 4.67. The summed E-state index contributed by atoms with van der Waals surface area (Å²) in [7, 11) is 0. The number of carbonyl (C=O) groups is 1. The van der Waals surface area contributed by atoms with E-state index in [-0.39, 0.29) is 12.0 Å². The molecule has 0 unspecified atom stereocenters. The Morgan fingerprint density at radius 3 is 2.17 bits per heavy atom. The van der Waals surface area contributed by atoms with E-state index in [4.69, 9.17) is 5.73 Å². The topological polar surface area (TPSA) is 52.8 Å². The van der Waals surface area contributed by atoms with E-state index in [0.717, 1.165) is 64.1 Å². The van der Waals surface area contributed by atoms with Gasteiger partial charge in [-0.05, 0) is 39.5 Å². The molecule has 1 amide bonds. The highest BCUT2D eigenvalue weighted by Crippen LogP contribution is 2.26. The highest BCUT2D eigenvalue weighted by Gasteiger charge is 2.34. The van der Waals surface area contributed by atoms with Crippen molar-refractivity contribution in [2.45, 2.75) is 64.1 Å². The Balaban J connectivity index is 1.41. The molecule has 0 aromatic rings. The van der Waals surface area contributed by atoms with E-state index in [0.29, 0.717) is 5.91 Å². The zero-order chi connectivity index (χ0) is 16.4. The second-order valence-electron chi connectivity index (χ2n) is 7.88. The fourth-order valence-electron chi connectivity index (χ4n) is 4.67. The molecule has 2 aliphatic heterocycles. The molecule has 5 nitrogen and oxygen atoms in total. The zero-order valence-corrected chi connectivity index (χ0v) is 14.9. The molecular formula is C18H34N4O. The summed E-state index contributed by atoms with van der Waals surface area (Å²) in [5.41, 5.74) is 6.09. The normalized spacial score (nSPS) is 36.7. The molecule has 0 aromatic heterocycles. The van der Waals surface area contributed by atoms with Crippen LogP contribution >= 0.6 is 0 Å². The number of carbonyl (C=O) groups excluding carboxylic acids is 1. The Morgan fingerprint density at radius 2 is 1.61 bits per heavy atom. The number of amides is 1. The number of nitrogens with two attached hydrogens (primary N) is 1. The number of piperazine rings is 1. The van der Waals surface area contributed by atoms with Crippen LogP contribution in [0.15, 0.2) is 0 Å². The Morgan fingerprint density at radius 1 is 0.957 bits per heavy atom. The summed E-state index contributed by atoms with van der Waals surface area (Å²) in [4.78, 5) is 19.8. The van der Waals surface area contributed by atoms with Gasteiger partial charge in [0.2, 0.25) is 5.91 Å². The molecule has 2 saturated heterocycles. The smallest absolute Gasteiger partial charge is 0.227 e. The van der Waals surface area contributed by atoms with Crippen LogP contribution in [-0.4, -0.2) is 78.0 Å². The van der Waals surface area contributed by atoms with E-state index in [1.54, 1.807) is 0 Å². The van der Waals surface area contributed by atoms with Crippen molar-refractivity contribution >= 4 is 5.91 Å². The van der Waals surface area contributed by atoms with Crippen LogP contribution in [0.4, 0.5) is 0 Å². The molecular weight excluding hydrogens is 288 g/mol. The minimum atomic E-state index is 0.0906. The van der Waals surface area contributed by atoms with Crippen LogP contribution in [0, 0.1) is 5.92 Å². The number of rotatable bonds is 4. The molecule has 0 bridgehead atoms. The molecule has 23 heavy (non-hydrogen) atoms. The molecule has 1 saturated carbocycles. The summed E-state index contributed by atoms with van der Waals surface area (Å²) >= 11 is 0. The summed E-state index contributed by atoms with van der Waals surface area (Å²) in [6.07, 6.45) is 5.80. The monoisotopic (exact) mass is 322 g/mol. The molecule has 5 heteroatoms. The van der Waals surface area contributed by atoms with Gasteiger partial charge in [0.1, 0.15) is 0 Å². The van der Waals surface area contributed by atoms with Crippen LogP contribution in [0.2, 0.25) is 0 Å². The van der Waals surface area contributed by atoms with Crippen molar-refractivity contribution in [1.82, 2.24) is 14.7 Å². The van der Waals surface area contributed by atoms with Gasteiger partial charge in [0, 0.05) is 57.4 Å². The van der Waals surface area contributed by atoms with Gasteiger partial charge < -0.3 is 10.6 Å². The molecule has 132 valence electrons. The number of hydrogen-bond acceptors (Lipinski definition) is 4. The average Bonchev–Trinajstić information content (AvgIpc) is 3.11. The first-order chi connectivity index (χ1) is 11.1. The molecule has 3 fully saturated rings. The van der Waals surface area contributed by atoms with Gasteiger partial charge >= 0.3 is 0 Å². The SMILES string of the molecule is C[C@@H]1CC[C@H](C)N1CCN1CCN(C(=O)[C@H]2CCC[C@H]2N)CC1. The fraction of sp³-hybridized carbons (Fsp3) is 0.944. The minimum absolute atomic E-state index is 0.0906. The standard InChI is InChI=1S/C18H34N4O/c1-14-6-7-15(2)22(14)13-10-20-8-11-21(12-9-20)18(23)16-4-3-5-17(16)19/h14-17H,3-13,19H2,1-2H3/t14-,15+,16-,17+/m0/s1. The lowest BCUT2D eigenvalue weighted by atomic mass is 10.0. The first-order valence-electron chi connectivity index (χ1n) is 9.58. The molecule has 0 spiro atoms. The van der Waals surface area contributed by atoms with Crippen molar-refractivity contribution in [3.8, 4) is 0 Å². The van der Waals surface area contributed by atoms with Gasteiger partial charge in [0.15, 0.2) is 0 Å². The van der Waals surface area contributed by atoms with Gasteiger partial charge in [-0.25, -0.2) is 0 Å². The maximum absolute atomic E-state index is 12.6. The Hall–Kier alpha value is -0.650. The Kier molecular flexibility index (Phi) is 5.60. The first kappa shape index (κ1) is 17.2. The molecule has 2 N–H and O–H groups in total. The number of likely N-dealkylation sites (tertiary alicyclic amines) is 1. The second-order valence-corrected chi connectivity index (χ2v) is 7.88. The molecule has 0 radical (unpaired) electrons. The predicted molar refractivity (Wildman–Crippen MR) is 93.2 cm³/mol. The van der Waals surface area contributed by atoms with Crippen molar-refractivity contribution in [1.29, 1.82) is 0 Å². The van der Waals surface area contributed by atoms with Crippen molar-refractivity contribution in [2.75, 3.05) is 39.3 Å². The quantitative estimate of drug-likeness (QED) is 0.843. The van der Waals surface area contributed by atoms with Crippen LogP contribution < -0.4 is 5.73 Å². The average molecular weight is 322 g/mol. The van der Waals surface area contributed by atoms with Crippen molar-refractivity contribution in [3.63, 3.8) is 0 Å². The van der Waals surface area contributed by atoms with E-state index in [2.05, 4.69) is 28.5 Å². The largest absolute Gasteiger partial charge is 0.340 e. The summed E-state index contributed by atoms with van der Waals surface area (Å²) < 4.78 is 0. The molecule has 2 heterocycles. The second kappa shape index (κ2) is 7.49. The van der Waals surface area contributed by atoms with E-state index >= 15 is 0 Å². The van der Waals surface area contributed by atoms with Crippen LogP contribution in [0.1, 0.15) is 46.0 Å². The third kappa shape index (κ3) is 3.89. The van der Waals surface area contributed by atoms with E-state index in [1.165, 1.54) is 19.4 Å². The lowest BCUT2D eigenvalue weighted by Gasteiger charge is -2.37. The lowest BCUT2D eigenvalue weighted by Crippen LogP contribution is -2.53. The molecule has 0 aromatic carbocycles. The van der Waals surface area contributed by atoms with Crippen LogP contribution in [0.5, 0.6) is 0 Å². The highest BCUT2D eigenvalue weighted by molar-refractivity contribution is 5.80. The predicted octanol–water partition coefficient (Wildman–Crippen LogP) is 1.13. The Labute approximate surface area is 141 Å². The maximum atomic E-state index is 12.6. The third-order valence-corrected chi connectivity index (χ3v) is 6.38. The summed E-state index contributed by atoms with van der Waals surface area (Å²) in [5, 5.41) is 0. The van der Waals surface area contributed by atoms with Gasteiger partial charge in [0.25, 0.3) is 0 Å². The van der Waals surface area contributed by atoms with Crippen LogP contribution in [0.3, 0.4) is 0 Å². The van der Waals surface area contributed by atoms with Crippen molar-refractivity contribution in [3.05, 3.63) is 0 Å². The zero-order valence-electron chi connectivity index (χ0n) is 14.9. The maximum Gasteiger partial charge on any atom is 0.227 e. The number of hydrogen-bond donors (Lipinski definition) is 1. The van der Waals surface area contributed by atoms with E-state index < -0.39 is 0 Å². The van der Waals surface area contributed by atoms with Crippen LogP contribution in [0.25, 0.3) is 0 Å². The van der Waals surface area contributed by atoms with Gasteiger partial charge in [-0.2, -0.15) is 0 Å². The summed E-state index contributed by atoms with van der Waals surface area (Å²) in [5.74, 6) is 0.407. The molecule has 1 aliphatic carbocycles. The van der Waals surface area contributed by atoms with Crippen molar-refractivity contribution in [2.24, 2.45) is 11.7 Å².